The van der Waals surface area contributed by atoms with Crippen LogP contribution in [-0.2, 0) is 6.61 Å². The first-order chi connectivity index (χ1) is 8.16. The average molecular weight is 236 g/mol. The summed E-state index contributed by atoms with van der Waals surface area (Å²) in [4.78, 5) is 0. The molecule has 0 aliphatic heterocycles. The van der Waals surface area contributed by atoms with E-state index in [0.717, 1.165) is 11.6 Å². The summed E-state index contributed by atoms with van der Waals surface area (Å²) in [5, 5.41) is 8.94. The molecule has 0 aromatic heterocycles. The zero-order valence-electron chi connectivity index (χ0n) is 8.86. The largest absolute Gasteiger partial charge is 0.505 e. The van der Waals surface area contributed by atoms with Crippen molar-refractivity contribution in [2.75, 3.05) is 0 Å². The van der Waals surface area contributed by atoms with E-state index >= 15 is 0 Å². The molecule has 0 fully saturated rings. The Hall–Kier alpha value is -2.10. The summed E-state index contributed by atoms with van der Waals surface area (Å²) in [5.41, 5.74) is 0.848. The van der Waals surface area contributed by atoms with Gasteiger partial charge in [0, 0.05) is 12.1 Å². The van der Waals surface area contributed by atoms with Gasteiger partial charge in [0.25, 0.3) is 0 Å². The second kappa shape index (κ2) is 4.82. The van der Waals surface area contributed by atoms with Crippen LogP contribution in [0.3, 0.4) is 0 Å². The number of rotatable bonds is 3. The van der Waals surface area contributed by atoms with Crippen molar-refractivity contribution < 1.29 is 18.6 Å². The van der Waals surface area contributed by atoms with Crippen molar-refractivity contribution in [1.82, 2.24) is 0 Å². The van der Waals surface area contributed by atoms with Gasteiger partial charge in [-0.2, -0.15) is 0 Å². The summed E-state index contributed by atoms with van der Waals surface area (Å²) < 4.78 is 31.4. The van der Waals surface area contributed by atoms with E-state index < -0.39 is 17.4 Å². The van der Waals surface area contributed by atoms with E-state index in [4.69, 9.17) is 9.84 Å². The van der Waals surface area contributed by atoms with Crippen molar-refractivity contribution >= 4 is 0 Å². The number of benzene rings is 2. The van der Waals surface area contributed by atoms with Gasteiger partial charge in [-0.3, -0.25) is 0 Å². The van der Waals surface area contributed by atoms with Gasteiger partial charge in [-0.05, 0) is 5.56 Å². The summed E-state index contributed by atoms with van der Waals surface area (Å²) in [6.07, 6.45) is 0. The Morgan fingerprint density at radius 2 is 1.71 bits per heavy atom. The molecule has 0 atom stereocenters. The Labute approximate surface area is 97.1 Å². The monoisotopic (exact) mass is 236 g/mol. The minimum Gasteiger partial charge on any atom is -0.505 e. The van der Waals surface area contributed by atoms with Gasteiger partial charge < -0.3 is 9.84 Å². The van der Waals surface area contributed by atoms with E-state index in [-0.39, 0.29) is 12.4 Å². The third kappa shape index (κ3) is 2.72. The number of halogens is 2. The standard InChI is InChI=1S/C13H10F2O2/c14-10-7-13(11(15)6-12(10)16)17-8-9-4-2-1-3-5-9/h1-7,16H,8H2. The molecule has 88 valence electrons. The zero-order valence-corrected chi connectivity index (χ0v) is 8.86. The predicted octanol–water partition coefficient (Wildman–Crippen LogP) is 3.25. The van der Waals surface area contributed by atoms with Crippen LogP contribution in [0.5, 0.6) is 11.5 Å². The maximum Gasteiger partial charge on any atom is 0.168 e. The van der Waals surface area contributed by atoms with Gasteiger partial charge in [0.2, 0.25) is 0 Å². The molecule has 2 rings (SSSR count). The van der Waals surface area contributed by atoms with Gasteiger partial charge in [0.05, 0.1) is 0 Å². The molecule has 0 aliphatic carbocycles. The molecular weight excluding hydrogens is 226 g/mol. The highest BCUT2D eigenvalue weighted by Gasteiger charge is 2.10. The molecule has 2 aromatic rings. The quantitative estimate of drug-likeness (QED) is 0.886. The number of hydrogen-bond acceptors (Lipinski definition) is 2. The fraction of sp³-hybridized carbons (Fsp3) is 0.0769. The van der Waals surface area contributed by atoms with Crippen LogP contribution >= 0.6 is 0 Å². The molecule has 0 amide bonds. The van der Waals surface area contributed by atoms with Crippen LogP contribution in [0.1, 0.15) is 5.56 Å². The maximum absolute atomic E-state index is 13.3. The summed E-state index contributed by atoms with van der Waals surface area (Å²) in [6.45, 7) is 0.141. The molecule has 0 heterocycles. The van der Waals surface area contributed by atoms with Crippen molar-refractivity contribution in [3.63, 3.8) is 0 Å². The van der Waals surface area contributed by atoms with Gasteiger partial charge >= 0.3 is 0 Å². The van der Waals surface area contributed by atoms with Crippen molar-refractivity contribution in [2.45, 2.75) is 6.61 Å². The van der Waals surface area contributed by atoms with Gasteiger partial charge in [-0.25, -0.2) is 8.78 Å². The molecule has 0 unspecified atom stereocenters. The van der Waals surface area contributed by atoms with Gasteiger partial charge in [-0.1, -0.05) is 30.3 Å². The van der Waals surface area contributed by atoms with E-state index in [2.05, 4.69) is 0 Å². The number of phenolic OH excluding ortho intramolecular Hbond substituents is 1. The van der Waals surface area contributed by atoms with Crippen LogP contribution in [0.2, 0.25) is 0 Å². The summed E-state index contributed by atoms with van der Waals surface area (Å²) >= 11 is 0. The van der Waals surface area contributed by atoms with E-state index in [9.17, 15) is 8.78 Å². The molecule has 0 bridgehead atoms. The van der Waals surface area contributed by atoms with Crippen LogP contribution in [0.15, 0.2) is 42.5 Å². The molecule has 0 spiro atoms. The Balaban J connectivity index is 2.12. The van der Waals surface area contributed by atoms with Crippen molar-refractivity contribution in [3.05, 3.63) is 59.7 Å². The topological polar surface area (TPSA) is 29.5 Å². The first-order valence-corrected chi connectivity index (χ1v) is 5.01. The highest BCUT2D eigenvalue weighted by atomic mass is 19.1. The van der Waals surface area contributed by atoms with Crippen molar-refractivity contribution in [1.29, 1.82) is 0 Å². The van der Waals surface area contributed by atoms with E-state index in [1.165, 1.54) is 0 Å². The third-order valence-corrected chi connectivity index (χ3v) is 2.24. The Morgan fingerprint density at radius 3 is 2.41 bits per heavy atom. The molecule has 0 radical (unpaired) electrons. The lowest BCUT2D eigenvalue weighted by Gasteiger charge is -2.08. The van der Waals surface area contributed by atoms with E-state index in [1.54, 1.807) is 0 Å². The number of ether oxygens (including phenoxy) is 1. The van der Waals surface area contributed by atoms with Gasteiger partial charge in [0.15, 0.2) is 23.1 Å². The smallest absolute Gasteiger partial charge is 0.168 e. The van der Waals surface area contributed by atoms with Crippen molar-refractivity contribution in [3.8, 4) is 11.5 Å². The zero-order chi connectivity index (χ0) is 12.3. The Morgan fingerprint density at radius 1 is 1.00 bits per heavy atom. The highest BCUT2D eigenvalue weighted by molar-refractivity contribution is 5.34. The van der Waals surface area contributed by atoms with Crippen LogP contribution in [0, 0.1) is 11.6 Å². The highest BCUT2D eigenvalue weighted by Crippen LogP contribution is 2.26. The van der Waals surface area contributed by atoms with Crippen LogP contribution in [-0.4, -0.2) is 5.11 Å². The summed E-state index contributed by atoms with van der Waals surface area (Å²) in [6, 6.07) is 10.6. The molecule has 0 saturated carbocycles. The molecule has 1 N–H and O–H groups in total. The Kier molecular flexibility index (Phi) is 3.23. The first kappa shape index (κ1) is 11.4. The lowest BCUT2D eigenvalue weighted by Crippen LogP contribution is -1.97. The minimum absolute atomic E-state index is 0.141. The predicted molar refractivity (Wildman–Crippen MR) is 58.8 cm³/mol. The molecular formula is C13H10F2O2. The summed E-state index contributed by atoms with van der Waals surface area (Å²) in [7, 11) is 0. The maximum atomic E-state index is 13.3. The van der Waals surface area contributed by atoms with Crippen LogP contribution in [0.4, 0.5) is 8.78 Å². The molecule has 0 saturated heterocycles. The van der Waals surface area contributed by atoms with Gasteiger partial charge in [-0.15, -0.1) is 0 Å². The second-order valence-electron chi connectivity index (χ2n) is 3.51. The Bertz CT molecular complexity index is 512. The fourth-order valence-electron chi connectivity index (χ4n) is 1.36. The number of aromatic hydroxyl groups is 1. The molecule has 0 aliphatic rings. The van der Waals surface area contributed by atoms with Gasteiger partial charge in [0.1, 0.15) is 6.61 Å². The van der Waals surface area contributed by atoms with E-state index in [1.807, 2.05) is 30.3 Å². The third-order valence-electron chi connectivity index (χ3n) is 2.24. The first-order valence-electron chi connectivity index (χ1n) is 5.01. The lowest BCUT2D eigenvalue weighted by molar-refractivity contribution is 0.286. The van der Waals surface area contributed by atoms with Crippen LogP contribution in [0.25, 0.3) is 0 Å². The SMILES string of the molecule is Oc1cc(F)c(OCc2ccccc2)cc1F. The minimum atomic E-state index is -0.908. The fourth-order valence-corrected chi connectivity index (χ4v) is 1.36. The molecule has 4 heteroatoms. The number of phenols is 1. The second-order valence-corrected chi connectivity index (χ2v) is 3.51. The van der Waals surface area contributed by atoms with Crippen molar-refractivity contribution in [2.24, 2.45) is 0 Å². The average Bonchev–Trinajstić information content (AvgIpc) is 2.33. The van der Waals surface area contributed by atoms with Crippen LogP contribution < -0.4 is 4.74 Å². The normalized spacial score (nSPS) is 10.2. The molecule has 17 heavy (non-hydrogen) atoms. The summed E-state index contributed by atoms with van der Waals surface area (Å²) in [5.74, 6) is -2.65. The molecule has 2 nitrogen and oxygen atoms in total. The lowest BCUT2D eigenvalue weighted by atomic mass is 10.2. The number of hydrogen-bond donors (Lipinski definition) is 1. The molecule has 2 aromatic carbocycles. The van der Waals surface area contributed by atoms with E-state index in [0.29, 0.717) is 6.07 Å².